The number of ether oxygens (including phenoxy) is 3. The van der Waals surface area contributed by atoms with Crippen LogP contribution in [0, 0.1) is 5.82 Å². The second-order valence-electron chi connectivity index (χ2n) is 6.97. The molecule has 0 unspecified atom stereocenters. The average molecular weight is 518 g/mol. The molecule has 8 nitrogen and oxygen atoms in total. The van der Waals surface area contributed by atoms with Crippen molar-refractivity contribution < 1.29 is 28.2 Å². The number of thiazole rings is 1. The van der Waals surface area contributed by atoms with Crippen LogP contribution in [0.25, 0.3) is 6.08 Å². The molecule has 0 aliphatic carbocycles. The lowest BCUT2D eigenvalue weighted by atomic mass is 10.1. The van der Waals surface area contributed by atoms with Crippen LogP contribution in [0.1, 0.15) is 11.3 Å². The van der Waals surface area contributed by atoms with Gasteiger partial charge in [0.2, 0.25) is 17.6 Å². The van der Waals surface area contributed by atoms with Crippen molar-refractivity contribution in [2.24, 2.45) is 0 Å². The first kappa shape index (κ1) is 26.0. The summed E-state index contributed by atoms with van der Waals surface area (Å²) >= 11 is 2.68. The zero-order valence-electron chi connectivity index (χ0n) is 19.3. The number of halogens is 1. The van der Waals surface area contributed by atoms with E-state index in [0.29, 0.717) is 39.4 Å². The number of amides is 2. The summed E-state index contributed by atoms with van der Waals surface area (Å²) in [6, 6.07) is 9.04. The van der Waals surface area contributed by atoms with Crippen LogP contribution in [-0.2, 0) is 15.3 Å². The Morgan fingerprint density at radius 3 is 2.37 bits per heavy atom. The molecule has 3 rings (SSSR count). The van der Waals surface area contributed by atoms with Crippen molar-refractivity contribution in [3.05, 3.63) is 64.9 Å². The molecule has 0 saturated heterocycles. The Morgan fingerprint density at radius 2 is 1.74 bits per heavy atom. The zero-order chi connectivity index (χ0) is 25.2. The maximum absolute atomic E-state index is 12.9. The van der Waals surface area contributed by atoms with E-state index in [4.69, 9.17) is 14.2 Å². The minimum atomic E-state index is -0.361. The average Bonchev–Trinajstić information content (AvgIpc) is 3.30. The van der Waals surface area contributed by atoms with Crippen LogP contribution < -0.4 is 24.8 Å². The normalized spacial score (nSPS) is 10.7. The highest BCUT2D eigenvalue weighted by atomic mass is 32.2. The number of hydrogen-bond donors (Lipinski definition) is 2. The predicted octanol–water partition coefficient (Wildman–Crippen LogP) is 4.83. The van der Waals surface area contributed by atoms with E-state index in [1.54, 1.807) is 18.2 Å². The third-order valence-electron chi connectivity index (χ3n) is 4.51. The summed E-state index contributed by atoms with van der Waals surface area (Å²) in [4.78, 5) is 28.7. The Balaban J connectivity index is 1.48. The van der Waals surface area contributed by atoms with Gasteiger partial charge in [-0.2, -0.15) is 0 Å². The van der Waals surface area contributed by atoms with Gasteiger partial charge < -0.3 is 19.5 Å². The lowest BCUT2D eigenvalue weighted by Crippen LogP contribution is -2.14. The molecule has 184 valence electrons. The number of benzene rings is 2. The van der Waals surface area contributed by atoms with Crippen LogP contribution in [0.4, 0.5) is 15.2 Å². The zero-order valence-corrected chi connectivity index (χ0v) is 20.9. The Bertz CT molecular complexity index is 1170. The molecule has 0 saturated carbocycles. The van der Waals surface area contributed by atoms with Gasteiger partial charge in [-0.3, -0.25) is 14.9 Å². The molecule has 0 spiro atoms. The van der Waals surface area contributed by atoms with Crippen molar-refractivity contribution in [2.45, 2.75) is 5.75 Å². The summed E-state index contributed by atoms with van der Waals surface area (Å²) in [7, 11) is 4.56. The summed E-state index contributed by atoms with van der Waals surface area (Å²) < 4.78 is 28.9. The first-order valence-electron chi connectivity index (χ1n) is 10.3. The second kappa shape index (κ2) is 12.8. The van der Waals surface area contributed by atoms with Crippen LogP contribution >= 0.6 is 23.1 Å². The van der Waals surface area contributed by atoms with Gasteiger partial charge in [0, 0.05) is 22.9 Å². The standard InChI is InChI=1S/C24H24FN3O5S2/c1-31-19-10-15(11-20(32-2)23(19)33-3)4-9-21(29)28-24-27-18(13-35-24)12-34-14-22(30)26-17-7-5-16(25)6-8-17/h4-11,13H,12,14H2,1-3H3,(H,26,30)(H,27,28,29)/b9-4+. The molecule has 2 amide bonds. The van der Waals surface area contributed by atoms with E-state index in [1.807, 2.05) is 5.38 Å². The summed E-state index contributed by atoms with van der Waals surface area (Å²) in [5.41, 5.74) is 1.98. The van der Waals surface area contributed by atoms with Crippen LogP contribution in [0.15, 0.2) is 47.9 Å². The summed E-state index contributed by atoms with van der Waals surface area (Å²) in [5, 5.41) is 7.70. The minimum absolute atomic E-state index is 0.192. The molecular weight excluding hydrogens is 493 g/mol. The lowest BCUT2D eigenvalue weighted by Gasteiger charge is -2.12. The van der Waals surface area contributed by atoms with E-state index in [2.05, 4.69) is 15.6 Å². The number of carbonyl (C=O) groups excluding carboxylic acids is 2. The fraction of sp³-hybridized carbons (Fsp3) is 0.208. The van der Waals surface area contributed by atoms with Crippen molar-refractivity contribution in [1.82, 2.24) is 4.98 Å². The molecule has 11 heteroatoms. The molecule has 1 aromatic heterocycles. The molecule has 0 fully saturated rings. The topological polar surface area (TPSA) is 98.8 Å². The molecule has 0 aliphatic heterocycles. The number of nitrogens with one attached hydrogen (secondary N) is 2. The third-order valence-corrected chi connectivity index (χ3v) is 6.28. The molecule has 0 bridgehead atoms. The molecule has 0 aliphatic rings. The Labute approximate surface area is 210 Å². The number of thioether (sulfide) groups is 1. The second-order valence-corrected chi connectivity index (χ2v) is 8.82. The molecule has 2 N–H and O–H groups in total. The molecule has 2 aromatic carbocycles. The highest BCUT2D eigenvalue weighted by Crippen LogP contribution is 2.38. The Kier molecular flexibility index (Phi) is 9.50. The number of rotatable bonds is 11. The summed E-state index contributed by atoms with van der Waals surface area (Å²) in [5.74, 6) is 1.27. The quantitative estimate of drug-likeness (QED) is 0.352. The minimum Gasteiger partial charge on any atom is -0.493 e. The smallest absolute Gasteiger partial charge is 0.250 e. The fourth-order valence-electron chi connectivity index (χ4n) is 2.93. The first-order chi connectivity index (χ1) is 16.9. The van der Waals surface area contributed by atoms with E-state index >= 15 is 0 Å². The highest BCUT2D eigenvalue weighted by Gasteiger charge is 2.12. The van der Waals surface area contributed by atoms with E-state index in [0.717, 1.165) is 5.69 Å². The number of anilines is 2. The number of aromatic nitrogens is 1. The number of carbonyl (C=O) groups is 2. The van der Waals surface area contributed by atoms with Gasteiger partial charge in [-0.15, -0.1) is 23.1 Å². The highest BCUT2D eigenvalue weighted by molar-refractivity contribution is 7.99. The van der Waals surface area contributed by atoms with Gasteiger partial charge in [0.05, 0.1) is 32.8 Å². The van der Waals surface area contributed by atoms with Gasteiger partial charge in [0.1, 0.15) is 5.82 Å². The maximum Gasteiger partial charge on any atom is 0.250 e. The summed E-state index contributed by atoms with van der Waals surface area (Å²) in [6.07, 6.45) is 3.01. The van der Waals surface area contributed by atoms with Crippen LogP contribution in [0.5, 0.6) is 17.2 Å². The van der Waals surface area contributed by atoms with E-state index in [-0.39, 0.29) is 23.4 Å². The van der Waals surface area contributed by atoms with Crippen molar-refractivity contribution >= 4 is 51.8 Å². The molecular formula is C24H24FN3O5S2. The van der Waals surface area contributed by atoms with Gasteiger partial charge in [-0.1, -0.05) is 0 Å². The van der Waals surface area contributed by atoms with Gasteiger partial charge in [0.25, 0.3) is 0 Å². The van der Waals surface area contributed by atoms with Crippen LogP contribution in [-0.4, -0.2) is 43.9 Å². The first-order valence-corrected chi connectivity index (χ1v) is 12.3. The van der Waals surface area contributed by atoms with E-state index in [1.165, 1.54) is 74.8 Å². The van der Waals surface area contributed by atoms with Crippen LogP contribution in [0.2, 0.25) is 0 Å². The molecule has 1 heterocycles. The van der Waals surface area contributed by atoms with Gasteiger partial charge >= 0.3 is 0 Å². The molecule has 3 aromatic rings. The SMILES string of the molecule is COc1cc(/C=C/C(=O)Nc2nc(CSCC(=O)Nc3ccc(F)cc3)cs2)cc(OC)c1OC. The summed E-state index contributed by atoms with van der Waals surface area (Å²) in [6.45, 7) is 0. The Hall–Kier alpha value is -3.57. The Morgan fingerprint density at radius 1 is 1.06 bits per heavy atom. The molecule has 0 radical (unpaired) electrons. The maximum atomic E-state index is 12.9. The van der Waals surface area contributed by atoms with Crippen molar-refractivity contribution in [1.29, 1.82) is 0 Å². The molecule has 35 heavy (non-hydrogen) atoms. The number of methoxy groups -OCH3 is 3. The molecule has 0 atom stereocenters. The van der Waals surface area contributed by atoms with Crippen molar-refractivity contribution in [2.75, 3.05) is 37.7 Å². The van der Waals surface area contributed by atoms with Gasteiger partial charge in [-0.05, 0) is 48.0 Å². The van der Waals surface area contributed by atoms with E-state index in [9.17, 15) is 14.0 Å². The fourth-order valence-corrected chi connectivity index (χ4v) is 4.46. The predicted molar refractivity (Wildman–Crippen MR) is 137 cm³/mol. The van der Waals surface area contributed by atoms with Gasteiger partial charge in [0.15, 0.2) is 16.6 Å². The van der Waals surface area contributed by atoms with Crippen molar-refractivity contribution in [3.63, 3.8) is 0 Å². The van der Waals surface area contributed by atoms with Gasteiger partial charge in [-0.25, -0.2) is 9.37 Å². The lowest BCUT2D eigenvalue weighted by molar-refractivity contribution is -0.114. The monoisotopic (exact) mass is 517 g/mol. The van der Waals surface area contributed by atoms with E-state index < -0.39 is 0 Å². The third kappa shape index (κ3) is 7.72. The van der Waals surface area contributed by atoms with Crippen LogP contribution in [0.3, 0.4) is 0 Å². The largest absolute Gasteiger partial charge is 0.493 e. The van der Waals surface area contributed by atoms with Crippen molar-refractivity contribution in [3.8, 4) is 17.2 Å². The number of nitrogens with zero attached hydrogens (tertiary/aromatic N) is 1. The number of hydrogen-bond acceptors (Lipinski definition) is 8.